The van der Waals surface area contributed by atoms with Crippen LogP contribution in [0.25, 0.3) is 0 Å². The molecular weight excluding hydrogens is 276 g/mol. The number of nitrogens with zero attached hydrogens (tertiary/aromatic N) is 2. The molecule has 0 amide bonds. The second-order valence-electron chi connectivity index (χ2n) is 3.79. The lowest BCUT2D eigenvalue weighted by atomic mass is 10.2. The van der Waals surface area contributed by atoms with Crippen molar-refractivity contribution in [3.63, 3.8) is 0 Å². The molecule has 1 atom stereocenters. The highest BCUT2D eigenvalue weighted by atomic mass is 79.9. The van der Waals surface area contributed by atoms with Gasteiger partial charge in [0.25, 0.3) is 0 Å². The van der Waals surface area contributed by atoms with Crippen LogP contribution in [-0.4, -0.2) is 29.0 Å². The monoisotopic (exact) mass is 288 g/mol. The van der Waals surface area contributed by atoms with E-state index in [1.54, 1.807) is 11.6 Å². The standard InChI is InChI=1S/C10H13BrN2O3/c1-3-15-10(14)7-8(11)12-13-4-6(2)5-16-9(7)13/h6H,3-5H2,1-2H3. The zero-order valence-corrected chi connectivity index (χ0v) is 10.8. The summed E-state index contributed by atoms with van der Waals surface area (Å²) >= 11 is 3.26. The second-order valence-corrected chi connectivity index (χ2v) is 4.54. The van der Waals surface area contributed by atoms with Gasteiger partial charge in [0.2, 0.25) is 5.88 Å². The Morgan fingerprint density at radius 1 is 1.75 bits per heavy atom. The number of hydrogen-bond donors (Lipinski definition) is 0. The summed E-state index contributed by atoms with van der Waals surface area (Å²) in [5, 5.41) is 4.21. The Labute approximate surface area is 102 Å². The largest absolute Gasteiger partial charge is 0.477 e. The summed E-state index contributed by atoms with van der Waals surface area (Å²) < 4.78 is 12.7. The van der Waals surface area contributed by atoms with Crippen LogP contribution in [0.2, 0.25) is 0 Å². The summed E-state index contributed by atoms with van der Waals surface area (Å²) in [4.78, 5) is 11.7. The van der Waals surface area contributed by atoms with Gasteiger partial charge in [-0.15, -0.1) is 0 Å². The first kappa shape index (κ1) is 11.4. The van der Waals surface area contributed by atoms with E-state index in [2.05, 4.69) is 28.0 Å². The van der Waals surface area contributed by atoms with Crippen LogP contribution in [0.5, 0.6) is 5.88 Å². The topological polar surface area (TPSA) is 53.3 Å². The van der Waals surface area contributed by atoms with Crippen LogP contribution < -0.4 is 4.74 Å². The van der Waals surface area contributed by atoms with Crippen LogP contribution in [0.1, 0.15) is 24.2 Å². The molecule has 2 rings (SSSR count). The molecule has 88 valence electrons. The fourth-order valence-corrected chi connectivity index (χ4v) is 2.16. The van der Waals surface area contributed by atoms with Crippen LogP contribution in [-0.2, 0) is 11.3 Å². The Balaban J connectivity index is 2.35. The molecule has 5 nitrogen and oxygen atoms in total. The van der Waals surface area contributed by atoms with Gasteiger partial charge in [-0.3, -0.25) is 0 Å². The first-order chi connectivity index (χ1) is 7.63. The number of carbonyl (C=O) groups excluding carboxylic acids is 1. The summed E-state index contributed by atoms with van der Waals surface area (Å²) in [6.07, 6.45) is 0. The van der Waals surface area contributed by atoms with Gasteiger partial charge >= 0.3 is 5.97 Å². The van der Waals surface area contributed by atoms with Gasteiger partial charge in [0.15, 0.2) is 5.56 Å². The zero-order valence-electron chi connectivity index (χ0n) is 9.20. The summed E-state index contributed by atoms with van der Waals surface area (Å²) in [6, 6.07) is 0. The molecule has 16 heavy (non-hydrogen) atoms. The van der Waals surface area contributed by atoms with Crippen LogP contribution in [0, 0.1) is 5.92 Å². The minimum absolute atomic E-state index is 0.340. The van der Waals surface area contributed by atoms with Crippen molar-refractivity contribution < 1.29 is 14.3 Å². The van der Waals surface area contributed by atoms with Crippen molar-refractivity contribution in [3.8, 4) is 5.88 Å². The summed E-state index contributed by atoms with van der Waals surface area (Å²) in [5.41, 5.74) is 0.383. The number of ether oxygens (including phenoxy) is 2. The number of esters is 1. The Kier molecular flexibility index (Phi) is 3.18. The fourth-order valence-electron chi connectivity index (χ4n) is 1.63. The van der Waals surface area contributed by atoms with Gasteiger partial charge in [0, 0.05) is 5.92 Å². The normalized spacial score (nSPS) is 18.8. The van der Waals surface area contributed by atoms with Crippen LogP contribution >= 0.6 is 15.9 Å². The number of aromatic nitrogens is 2. The molecule has 0 aliphatic carbocycles. The third-order valence-corrected chi connectivity index (χ3v) is 2.89. The van der Waals surface area contributed by atoms with Gasteiger partial charge in [0.05, 0.1) is 19.8 Å². The minimum Gasteiger partial charge on any atom is -0.477 e. The number of fused-ring (bicyclic) bond motifs is 1. The maximum Gasteiger partial charge on any atom is 0.346 e. The molecule has 0 aromatic carbocycles. The van der Waals surface area contributed by atoms with E-state index in [4.69, 9.17) is 9.47 Å². The molecule has 1 aliphatic rings. The highest BCUT2D eigenvalue weighted by molar-refractivity contribution is 9.10. The number of rotatable bonds is 2. The molecule has 0 bridgehead atoms. The van der Waals surface area contributed by atoms with Crippen molar-refractivity contribution in [2.75, 3.05) is 13.2 Å². The molecule has 0 N–H and O–H groups in total. The van der Waals surface area contributed by atoms with Crippen molar-refractivity contribution >= 4 is 21.9 Å². The Morgan fingerprint density at radius 3 is 3.19 bits per heavy atom. The third-order valence-electron chi connectivity index (χ3n) is 2.33. The maximum absolute atomic E-state index is 11.7. The van der Waals surface area contributed by atoms with E-state index in [1.807, 2.05) is 0 Å². The van der Waals surface area contributed by atoms with Crippen molar-refractivity contribution in [3.05, 3.63) is 10.2 Å². The predicted molar refractivity (Wildman–Crippen MR) is 60.5 cm³/mol. The van der Waals surface area contributed by atoms with Crippen molar-refractivity contribution in [2.45, 2.75) is 20.4 Å². The maximum atomic E-state index is 11.7. The average Bonchev–Trinajstić information content (AvgIpc) is 2.53. The lowest BCUT2D eigenvalue weighted by Gasteiger charge is -2.21. The first-order valence-corrected chi connectivity index (χ1v) is 5.99. The van der Waals surface area contributed by atoms with Gasteiger partial charge in [-0.25, -0.2) is 9.48 Å². The molecule has 0 fully saturated rings. The molecule has 1 aromatic rings. The quantitative estimate of drug-likeness (QED) is 0.780. The van der Waals surface area contributed by atoms with Gasteiger partial charge in [-0.1, -0.05) is 6.92 Å². The van der Waals surface area contributed by atoms with Crippen molar-refractivity contribution in [1.29, 1.82) is 0 Å². The van der Waals surface area contributed by atoms with Gasteiger partial charge in [0.1, 0.15) is 4.60 Å². The molecule has 2 heterocycles. The van der Waals surface area contributed by atoms with Crippen LogP contribution in [0.4, 0.5) is 0 Å². The summed E-state index contributed by atoms with van der Waals surface area (Å²) in [5.74, 6) is 0.503. The van der Waals surface area contributed by atoms with Crippen molar-refractivity contribution in [1.82, 2.24) is 9.78 Å². The van der Waals surface area contributed by atoms with Crippen LogP contribution in [0.3, 0.4) is 0 Å². The average molecular weight is 289 g/mol. The Morgan fingerprint density at radius 2 is 2.50 bits per heavy atom. The molecule has 1 aliphatic heterocycles. The van der Waals surface area contributed by atoms with Gasteiger partial charge in [-0.2, -0.15) is 5.10 Å². The number of hydrogen-bond acceptors (Lipinski definition) is 4. The molecule has 1 aromatic heterocycles. The van der Waals surface area contributed by atoms with E-state index < -0.39 is 5.97 Å². The molecule has 0 saturated heterocycles. The van der Waals surface area contributed by atoms with Gasteiger partial charge in [-0.05, 0) is 22.9 Å². The van der Waals surface area contributed by atoms with E-state index >= 15 is 0 Å². The molecule has 0 spiro atoms. The SMILES string of the molecule is CCOC(=O)c1c(Br)nn2c1OCC(C)C2. The highest BCUT2D eigenvalue weighted by Crippen LogP contribution is 2.31. The van der Waals surface area contributed by atoms with E-state index in [9.17, 15) is 4.79 Å². The molecule has 6 heteroatoms. The summed E-state index contributed by atoms with van der Waals surface area (Å²) in [7, 11) is 0. The summed E-state index contributed by atoms with van der Waals surface area (Å²) in [6.45, 7) is 5.54. The van der Waals surface area contributed by atoms with Crippen LogP contribution in [0.15, 0.2) is 4.60 Å². The van der Waals surface area contributed by atoms with Crippen molar-refractivity contribution in [2.24, 2.45) is 5.92 Å². The molecule has 1 unspecified atom stereocenters. The second kappa shape index (κ2) is 4.45. The lowest BCUT2D eigenvalue weighted by Crippen LogP contribution is -2.24. The first-order valence-electron chi connectivity index (χ1n) is 5.19. The molecular formula is C10H13BrN2O3. The Hall–Kier alpha value is -1.04. The number of halogens is 1. The van der Waals surface area contributed by atoms with E-state index in [0.717, 1.165) is 6.54 Å². The fraction of sp³-hybridized carbons (Fsp3) is 0.600. The Bertz CT molecular complexity index is 416. The highest BCUT2D eigenvalue weighted by Gasteiger charge is 2.28. The predicted octanol–water partition coefficient (Wildman–Crippen LogP) is 1.85. The smallest absolute Gasteiger partial charge is 0.346 e. The minimum atomic E-state index is -0.398. The zero-order chi connectivity index (χ0) is 11.7. The van der Waals surface area contributed by atoms with Gasteiger partial charge < -0.3 is 9.47 Å². The molecule has 0 radical (unpaired) electrons. The number of carbonyl (C=O) groups is 1. The third kappa shape index (κ3) is 1.93. The molecule has 0 saturated carbocycles. The lowest BCUT2D eigenvalue weighted by molar-refractivity contribution is 0.0516. The van der Waals surface area contributed by atoms with E-state index in [1.165, 1.54) is 0 Å². The van der Waals surface area contributed by atoms with E-state index in [-0.39, 0.29) is 0 Å². The van der Waals surface area contributed by atoms with E-state index in [0.29, 0.717) is 35.2 Å².